The summed E-state index contributed by atoms with van der Waals surface area (Å²) in [6.45, 7) is 16.2. The summed E-state index contributed by atoms with van der Waals surface area (Å²) in [4.78, 5) is 0. The predicted molar refractivity (Wildman–Crippen MR) is 107 cm³/mol. The van der Waals surface area contributed by atoms with E-state index >= 15 is 0 Å². The molecule has 0 aromatic rings. The molecular formula is C21H39ClN+. The molecule has 0 saturated heterocycles. The first-order chi connectivity index (χ1) is 11.0. The van der Waals surface area contributed by atoms with Crippen LogP contribution in [0, 0.1) is 0 Å². The first-order valence-electron chi connectivity index (χ1n) is 9.49. The Morgan fingerprint density at radius 2 is 1.52 bits per heavy atom. The Morgan fingerprint density at radius 1 is 0.870 bits per heavy atom. The highest BCUT2D eigenvalue weighted by Crippen LogP contribution is 2.15. The standard InChI is InChI=1S/C21H39ClN/c1-6-9-10-11-13-18-23(7-2,8-3)19-14-12-15-20(4)16-17-21(5)22/h9-10,16-17H,6-8,11-15,18-19H2,1-5H3/q+1/b10-9+,20-16+,21-17+. The second kappa shape index (κ2) is 13.9. The number of unbranched alkanes of at least 4 members (excludes halogenated alkanes) is 2. The summed E-state index contributed by atoms with van der Waals surface area (Å²) in [5, 5.41) is 0.856. The molecule has 0 amide bonds. The van der Waals surface area contributed by atoms with Crippen molar-refractivity contribution in [2.75, 3.05) is 26.2 Å². The summed E-state index contributed by atoms with van der Waals surface area (Å²) in [6, 6.07) is 0. The van der Waals surface area contributed by atoms with Gasteiger partial charge >= 0.3 is 0 Å². The molecule has 0 unspecified atom stereocenters. The van der Waals surface area contributed by atoms with E-state index in [9.17, 15) is 0 Å². The Morgan fingerprint density at radius 3 is 2.09 bits per heavy atom. The third-order valence-corrected chi connectivity index (χ3v) is 4.92. The van der Waals surface area contributed by atoms with Gasteiger partial charge in [0.05, 0.1) is 26.2 Å². The van der Waals surface area contributed by atoms with Crippen LogP contribution in [0.15, 0.2) is 34.9 Å². The first kappa shape index (κ1) is 22.5. The maximum Gasteiger partial charge on any atom is 0.0789 e. The van der Waals surface area contributed by atoms with Gasteiger partial charge in [0.2, 0.25) is 0 Å². The largest absolute Gasteiger partial charge is 0.324 e. The number of rotatable bonds is 13. The molecule has 0 aliphatic rings. The number of quaternary nitrogens is 1. The van der Waals surface area contributed by atoms with Gasteiger partial charge in [-0.05, 0) is 65.9 Å². The summed E-state index contributed by atoms with van der Waals surface area (Å²) in [5.41, 5.74) is 1.43. The van der Waals surface area contributed by atoms with Crippen molar-refractivity contribution < 1.29 is 4.48 Å². The van der Waals surface area contributed by atoms with Crippen molar-refractivity contribution in [2.24, 2.45) is 0 Å². The Bertz CT molecular complexity index is 371. The molecule has 0 aromatic heterocycles. The van der Waals surface area contributed by atoms with Crippen LogP contribution >= 0.6 is 11.6 Å². The lowest BCUT2D eigenvalue weighted by molar-refractivity contribution is -0.925. The van der Waals surface area contributed by atoms with Crippen LogP contribution in [0.5, 0.6) is 0 Å². The average Bonchev–Trinajstić information content (AvgIpc) is 2.55. The predicted octanol–water partition coefficient (Wildman–Crippen LogP) is 6.85. The van der Waals surface area contributed by atoms with Gasteiger partial charge in [-0.1, -0.05) is 42.3 Å². The molecular weight excluding hydrogens is 302 g/mol. The number of allylic oxidation sites excluding steroid dienone is 6. The molecule has 134 valence electrons. The smallest absolute Gasteiger partial charge is 0.0789 e. The number of hydrogen-bond donors (Lipinski definition) is 0. The van der Waals surface area contributed by atoms with Crippen molar-refractivity contribution >= 4 is 11.6 Å². The average molecular weight is 341 g/mol. The van der Waals surface area contributed by atoms with Crippen LogP contribution < -0.4 is 0 Å². The van der Waals surface area contributed by atoms with Crippen molar-refractivity contribution in [3.05, 3.63) is 34.9 Å². The maximum absolute atomic E-state index is 5.87. The third-order valence-electron chi connectivity index (χ3n) is 4.80. The van der Waals surface area contributed by atoms with E-state index in [0.717, 1.165) is 11.5 Å². The molecule has 2 heteroatoms. The lowest BCUT2D eigenvalue weighted by atomic mass is 10.1. The fourth-order valence-corrected chi connectivity index (χ4v) is 3.05. The molecule has 0 spiro atoms. The fraction of sp³-hybridized carbons (Fsp3) is 0.714. The second-order valence-electron chi connectivity index (χ2n) is 6.67. The van der Waals surface area contributed by atoms with Crippen LogP contribution in [0.3, 0.4) is 0 Å². The van der Waals surface area contributed by atoms with Crippen LogP contribution in [0.4, 0.5) is 0 Å². The number of halogens is 1. The van der Waals surface area contributed by atoms with Crippen molar-refractivity contribution in [1.82, 2.24) is 0 Å². The SMILES string of the molecule is CC/C=C/CCC[N+](CC)(CC)CCCC/C(C)=C/C=C(\C)Cl. The van der Waals surface area contributed by atoms with Gasteiger partial charge in [-0.3, -0.25) is 0 Å². The van der Waals surface area contributed by atoms with E-state index in [1.54, 1.807) is 0 Å². The summed E-state index contributed by atoms with van der Waals surface area (Å²) in [7, 11) is 0. The van der Waals surface area contributed by atoms with E-state index in [1.165, 1.54) is 68.3 Å². The monoisotopic (exact) mass is 340 g/mol. The van der Waals surface area contributed by atoms with Crippen molar-refractivity contribution in [2.45, 2.75) is 73.1 Å². The molecule has 0 fully saturated rings. The zero-order chi connectivity index (χ0) is 17.6. The molecule has 0 aromatic carbocycles. The lowest BCUT2D eigenvalue weighted by Crippen LogP contribution is -2.49. The van der Waals surface area contributed by atoms with Gasteiger partial charge in [-0.15, -0.1) is 0 Å². The maximum atomic E-state index is 5.87. The molecule has 1 nitrogen and oxygen atoms in total. The summed E-state index contributed by atoms with van der Waals surface area (Å²) in [6.07, 6.45) is 16.3. The zero-order valence-corrected chi connectivity index (χ0v) is 17.0. The zero-order valence-electron chi connectivity index (χ0n) is 16.2. The third kappa shape index (κ3) is 11.6. The topological polar surface area (TPSA) is 0 Å². The summed E-state index contributed by atoms with van der Waals surface area (Å²) >= 11 is 5.87. The number of nitrogens with zero attached hydrogens (tertiary/aromatic N) is 1. The minimum atomic E-state index is 0.856. The first-order valence-corrected chi connectivity index (χ1v) is 9.87. The Kier molecular flexibility index (Phi) is 13.5. The Balaban J connectivity index is 4.19. The van der Waals surface area contributed by atoms with Gasteiger partial charge in [0.15, 0.2) is 0 Å². The van der Waals surface area contributed by atoms with Crippen LogP contribution in [0.2, 0.25) is 0 Å². The normalized spacial score (nSPS) is 14.0. The Hall–Kier alpha value is -0.530. The quantitative estimate of drug-likeness (QED) is 0.149. The van der Waals surface area contributed by atoms with E-state index in [-0.39, 0.29) is 0 Å². The van der Waals surface area contributed by atoms with E-state index < -0.39 is 0 Å². The lowest BCUT2D eigenvalue weighted by Gasteiger charge is -2.37. The van der Waals surface area contributed by atoms with Gasteiger partial charge in [-0.25, -0.2) is 0 Å². The minimum Gasteiger partial charge on any atom is -0.324 e. The highest BCUT2D eigenvalue weighted by molar-refractivity contribution is 6.29. The van der Waals surface area contributed by atoms with Gasteiger partial charge in [-0.2, -0.15) is 0 Å². The second-order valence-corrected chi connectivity index (χ2v) is 7.26. The van der Waals surface area contributed by atoms with Gasteiger partial charge in [0.1, 0.15) is 0 Å². The molecule has 0 saturated carbocycles. The van der Waals surface area contributed by atoms with E-state index in [1.807, 2.05) is 13.0 Å². The van der Waals surface area contributed by atoms with E-state index in [2.05, 4.69) is 45.9 Å². The van der Waals surface area contributed by atoms with Crippen LogP contribution in [0.1, 0.15) is 73.1 Å². The highest BCUT2D eigenvalue weighted by atomic mass is 35.5. The van der Waals surface area contributed by atoms with Gasteiger partial charge in [0.25, 0.3) is 0 Å². The molecule has 0 aliphatic heterocycles. The molecule has 0 rings (SSSR count). The van der Waals surface area contributed by atoms with Crippen LogP contribution in [-0.2, 0) is 0 Å². The fourth-order valence-electron chi connectivity index (χ4n) is 2.99. The van der Waals surface area contributed by atoms with Crippen molar-refractivity contribution in [3.63, 3.8) is 0 Å². The van der Waals surface area contributed by atoms with Crippen LogP contribution in [-0.4, -0.2) is 30.7 Å². The van der Waals surface area contributed by atoms with Gasteiger partial charge in [0, 0.05) is 11.5 Å². The summed E-state index contributed by atoms with van der Waals surface area (Å²) in [5.74, 6) is 0. The molecule has 0 N–H and O–H groups in total. The van der Waals surface area contributed by atoms with Crippen molar-refractivity contribution in [3.8, 4) is 0 Å². The van der Waals surface area contributed by atoms with E-state index in [4.69, 9.17) is 11.6 Å². The van der Waals surface area contributed by atoms with Crippen molar-refractivity contribution in [1.29, 1.82) is 0 Å². The molecule has 0 radical (unpaired) electrons. The molecule has 0 aliphatic carbocycles. The Labute approximate surface area is 150 Å². The molecule has 0 heterocycles. The summed E-state index contributed by atoms with van der Waals surface area (Å²) < 4.78 is 1.28. The van der Waals surface area contributed by atoms with Crippen LogP contribution in [0.25, 0.3) is 0 Å². The van der Waals surface area contributed by atoms with E-state index in [0.29, 0.717) is 0 Å². The molecule has 0 bridgehead atoms. The van der Waals surface area contributed by atoms with Gasteiger partial charge < -0.3 is 4.48 Å². The molecule has 0 atom stereocenters. The molecule has 23 heavy (non-hydrogen) atoms. The number of hydrogen-bond acceptors (Lipinski definition) is 0. The highest BCUT2D eigenvalue weighted by Gasteiger charge is 2.21. The minimum absolute atomic E-state index is 0.856.